The van der Waals surface area contributed by atoms with Crippen molar-refractivity contribution in [3.8, 4) is 11.8 Å². The Balaban J connectivity index is 1.51. The first-order valence-corrected chi connectivity index (χ1v) is 12.9. The summed E-state index contributed by atoms with van der Waals surface area (Å²) in [6.45, 7) is 4.62. The topological polar surface area (TPSA) is 70.1 Å². The first-order chi connectivity index (χ1) is 17.3. The fraction of sp³-hybridized carbons (Fsp3) is 0.467. The molecule has 1 heterocycles. The van der Waals surface area contributed by atoms with Gasteiger partial charge < -0.3 is 19.6 Å². The highest BCUT2D eigenvalue weighted by atomic mass is 16.5. The highest BCUT2D eigenvalue weighted by Gasteiger charge is 2.35. The maximum Gasteiger partial charge on any atom is 0.254 e. The smallest absolute Gasteiger partial charge is 0.254 e. The lowest BCUT2D eigenvalue weighted by Gasteiger charge is -2.34. The Morgan fingerprint density at radius 2 is 1.72 bits per heavy atom. The number of carbonyl (C=O) groups is 2. The number of ether oxygens (including phenoxy) is 1. The van der Waals surface area contributed by atoms with E-state index >= 15 is 0 Å². The van der Waals surface area contributed by atoms with Crippen LogP contribution in [0, 0.1) is 11.8 Å². The molecule has 1 unspecified atom stereocenters. The van der Waals surface area contributed by atoms with Crippen molar-refractivity contribution in [1.82, 2.24) is 9.80 Å². The molecule has 190 valence electrons. The first-order valence-electron chi connectivity index (χ1n) is 12.9. The van der Waals surface area contributed by atoms with Crippen LogP contribution in [0.3, 0.4) is 0 Å². The second kappa shape index (κ2) is 11.7. The summed E-state index contributed by atoms with van der Waals surface area (Å²) in [5, 5.41) is 9.82. The second-order valence-corrected chi connectivity index (χ2v) is 10.3. The molecule has 2 amide bonds. The predicted molar refractivity (Wildman–Crippen MR) is 139 cm³/mol. The van der Waals surface area contributed by atoms with Gasteiger partial charge in [0.1, 0.15) is 12.1 Å². The Morgan fingerprint density at radius 3 is 2.39 bits per heavy atom. The molecule has 0 aromatic heterocycles. The van der Waals surface area contributed by atoms with Crippen molar-refractivity contribution in [3.63, 3.8) is 0 Å². The van der Waals surface area contributed by atoms with Crippen molar-refractivity contribution in [3.05, 3.63) is 71.3 Å². The molecule has 0 bridgehead atoms. The third-order valence-electron chi connectivity index (χ3n) is 6.75. The van der Waals surface area contributed by atoms with Crippen LogP contribution in [0.5, 0.6) is 0 Å². The van der Waals surface area contributed by atoms with Gasteiger partial charge >= 0.3 is 0 Å². The van der Waals surface area contributed by atoms with Gasteiger partial charge in [0, 0.05) is 30.3 Å². The fourth-order valence-electron chi connectivity index (χ4n) is 4.84. The van der Waals surface area contributed by atoms with Crippen molar-refractivity contribution >= 4 is 11.8 Å². The van der Waals surface area contributed by atoms with Gasteiger partial charge in [0.2, 0.25) is 5.91 Å². The Morgan fingerprint density at radius 1 is 1.03 bits per heavy atom. The number of rotatable bonds is 5. The summed E-state index contributed by atoms with van der Waals surface area (Å²) < 4.78 is 6.29. The maximum atomic E-state index is 13.5. The van der Waals surface area contributed by atoms with Crippen LogP contribution in [0.4, 0.5) is 0 Å². The van der Waals surface area contributed by atoms with E-state index in [1.807, 2.05) is 35.2 Å². The molecule has 1 aliphatic heterocycles. The van der Waals surface area contributed by atoms with E-state index in [0.29, 0.717) is 30.8 Å². The highest BCUT2D eigenvalue weighted by molar-refractivity contribution is 5.97. The Kier molecular flexibility index (Phi) is 8.45. The van der Waals surface area contributed by atoms with Crippen molar-refractivity contribution < 1.29 is 19.4 Å². The van der Waals surface area contributed by atoms with Gasteiger partial charge in [0.25, 0.3) is 5.91 Å². The first kappa shape index (κ1) is 25.9. The molecule has 1 N–H and O–H groups in total. The quantitative estimate of drug-likeness (QED) is 0.646. The molecule has 2 aromatic carbocycles. The van der Waals surface area contributed by atoms with Gasteiger partial charge in [-0.1, -0.05) is 61.4 Å². The van der Waals surface area contributed by atoms with E-state index in [0.717, 1.165) is 31.2 Å². The number of nitrogens with zero attached hydrogens (tertiary/aromatic N) is 2. The lowest BCUT2D eigenvalue weighted by molar-refractivity contribution is -0.134. The summed E-state index contributed by atoms with van der Waals surface area (Å²) in [5.41, 5.74) is 1.20. The van der Waals surface area contributed by atoms with Gasteiger partial charge in [-0.15, -0.1) is 0 Å². The summed E-state index contributed by atoms with van der Waals surface area (Å²) in [5.74, 6) is 5.50. The van der Waals surface area contributed by atoms with Crippen LogP contribution >= 0.6 is 0 Å². The molecule has 2 aromatic rings. The van der Waals surface area contributed by atoms with Crippen molar-refractivity contribution in [1.29, 1.82) is 0 Å². The largest absolute Gasteiger partial charge is 0.378 e. The molecule has 6 nitrogen and oxygen atoms in total. The maximum absolute atomic E-state index is 13.5. The lowest BCUT2D eigenvalue weighted by atomic mass is 9.94. The molecule has 2 fully saturated rings. The van der Waals surface area contributed by atoms with E-state index in [1.165, 1.54) is 6.42 Å². The lowest BCUT2D eigenvalue weighted by Crippen LogP contribution is -2.46. The summed E-state index contributed by atoms with van der Waals surface area (Å²) >= 11 is 0. The SMILES string of the molecule is CC(C)(O)C#Cc1ccc(C(=O)N2CC(=O)N(C3CCCCC3)CC(OCc3ccccc3)C2)cc1. The Bertz CT molecular complexity index is 1090. The molecule has 1 saturated heterocycles. The van der Waals surface area contributed by atoms with E-state index in [1.54, 1.807) is 43.0 Å². The van der Waals surface area contributed by atoms with E-state index in [9.17, 15) is 14.7 Å². The summed E-state index contributed by atoms with van der Waals surface area (Å²) in [6, 6.07) is 17.2. The summed E-state index contributed by atoms with van der Waals surface area (Å²) in [6.07, 6.45) is 5.24. The normalized spacial score (nSPS) is 19.4. The van der Waals surface area contributed by atoms with Crippen molar-refractivity contribution in [2.75, 3.05) is 19.6 Å². The number of benzene rings is 2. The van der Waals surface area contributed by atoms with Crippen LogP contribution in [-0.4, -0.2) is 64.1 Å². The average Bonchev–Trinajstić information content (AvgIpc) is 3.05. The monoisotopic (exact) mass is 488 g/mol. The minimum Gasteiger partial charge on any atom is -0.378 e. The molecule has 0 radical (unpaired) electrons. The van der Waals surface area contributed by atoms with E-state index in [-0.39, 0.29) is 30.5 Å². The molecule has 36 heavy (non-hydrogen) atoms. The van der Waals surface area contributed by atoms with Crippen molar-refractivity contribution in [2.45, 2.75) is 70.3 Å². The number of aliphatic hydroxyl groups is 1. The van der Waals surface area contributed by atoms with Gasteiger partial charge in [-0.3, -0.25) is 9.59 Å². The average molecular weight is 489 g/mol. The molecule has 0 spiro atoms. The van der Waals surface area contributed by atoms with Crippen LogP contribution in [-0.2, 0) is 16.1 Å². The highest BCUT2D eigenvalue weighted by Crippen LogP contribution is 2.25. The zero-order chi connectivity index (χ0) is 25.5. The molecule has 2 aliphatic rings. The minimum absolute atomic E-state index is 0.00581. The second-order valence-electron chi connectivity index (χ2n) is 10.3. The molecule has 1 aliphatic carbocycles. The van der Waals surface area contributed by atoms with Crippen LogP contribution in [0.25, 0.3) is 0 Å². The van der Waals surface area contributed by atoms with E-state index in [4.69, 9.17) is 4.74 Å². The van der Waals surface area contributed by atoms with Crippen LogP contribution in [0.1, 0.15) is 67.4 Å². The van der Waals surface area contributed by atoms with Crippen LogP contribution < -0.4 is 0 Å². The summed E-state index contributed by atoms with van der Waals surface area (Å²) in [7, 11) is 0. The zero-order valence-electron chi connectivity index (χ0n) is 21.3. The van der Waals surface area contributed by atoms with Crippen molar-refractivity contribution in [2.24, 2.45) is 0 Å². The zero-order valence-corrected chi connectivity index (χ0v) is 21.3. The van der Waals surface area contributed by atoms with Crippen LogP contribution in [0.2, 0.25) is 0 Å². The molecule has 1 atom stereocenters. The Hall–Kier alpha value is -3.14. The van der Waals surface area contributed by atoms with Crippen LogP contribution in [0.15, 0.2) is 54.6 Å². The van der Waals surface area contributed by atoms with Gasteiger partial charge in [-0.05, 0) is 56.5 Å². The molecular weight excluding hydrogens is 452 g/mol. The number of hydrogen-bond donors (Lipinski definition) is 1. The van der Waals surface area contributed by atoms with E-state index < -0.39 is 5.60 Å². The Labute approximate surface area is 214 Å². The number of hydrogen-bond acceptors (Lipinski definition) is 4. The number of amides is 2. The predicted octanol–water partition coefficient (Wildman–Crippen LogP) is 4.01. The van der Waals surface area contributed by atoms with Gasteiger partial charge in [0.15, 0.2) is 0 Å². The third-order valence-corrected chi connectivity index (χ3v) is 6.75. The van der Waals surface area contributed by atoms with E-state index in [2.05, 4.69) is 11.8 Å². The standard InChI is InChI=1S/C30H36N2O4/c1-30(2,35)18-17-23-13-15-25(16-14-23)29(34)31-19-27(36-22-24-9-5-3-6-10-24)20-32(28(33)21-31)26-11-7-4-8-12-26/h3,5-6,9-10,13-16,26-27,35H,4,7-8,11-12,19-22H2,1-2H3. The van der Waals surface area contributed by atoms with Gasteiger partial charge in [-0.25, -0.2) is 0 Å². The molecule has 1 saturated carbocycles. The fourth-order valence-corrected chi connectivity index (χ4v) is 4.84. The molecule has 4 rings (SSSR count). The van der Waals surface area contributed by atoms with Gasteiger partial charge in [0.05, 0.1) is 12.7 Å². The molecular formula is C30H36N2O4. The number of carbonyl (C=O) groups excluding carboxylic acids is 2. The summed E-state index contributed by atoms with van der Waals surface area (Å²) in [4.78, 5) is 30.4. The van der Waals surface area contributed by atoms with Gasteiger partial charge in [-0.2, -0.15) is 0 Å². The minimum atomic E-state index is -1.08. The third kappa shape index (κ3) is 7.19. The molecule has 6 heteroatoms.